The lowest BCUT2D eigenvalue weighted by Gasteiger charge is -2.35. The van der Waals surface area contributed by atoms with Gasteiger partial charge in [0.15, 0.2) is 0 Å². The molecule has 0 saturated carbocycles. The van der Waals surface area contributed by atoms with Gasteiger partial charge >= 0.3 is 0 Å². The lowest BCUT2D eigenvalue weighted by Crippen LogP contribution is -2.44. The molecule has 1 aromatic heterocycles. The molecule has 0 bridgehead atoms. The maximum Gasteiger partial charge on any atom is 0.142 e. The zero-order valence-electron chi connectivity index (χ0n) is 15.4. The van der Waals surface area contributed by atoms with Crippen LogP contribution in [0.15, 0.2) is 42.5 Å². The predicted molar refractivity (Wildman–Crippen MR) is 101 cm³/mol. The molecule has 26 heavy (non-hydrogen) atoms. The first-order valence-electron chi connectivity index (χ1n) is 9.17. The molecule has 1 aromatic carbocycles. The first kappa shape index (κ1) is 18.3. The van der Waals surface area contributed by atoms with Gasteiger partial charge in [-0.25, -0.2) is 9.37 Å². The molecule has 1 unspecified atom stereocenters. The Labute approximate surface area is 154 Å². The number of nitrogens with zero attached hydrogens (tertiary/aromatic N) is 4. The van der Waals surface area contributed by atoms with Crippen molar-refractivity contribution < 1.29 is 4.39 Å². The molecule has 1 aliphatic heterocycles. The van der Waals surface area contributed by atoms with Gasteiger partial charge in [-0.1, -0.05) is 32.0 Å². The molecule has 0 radical (unpaired) electrons. The zero-order chi connectivity index (χ0) is 18.5. The number of benzene rings is 1. The van der Waals surface area contributed by atoms with Crippen molar-refractivity contribution in [3.8, 4) is 6.07 Å². The quantitative estimate of drug-likeness (QED) is 0.839. The normalized spacial score (nSPS) is 18.6. The Morgan fingerprint density at radius 2 is 1.96 bits per heavy atom. The van der Waals surface area contributed by atoms with Crippen LogP contribution < -0.4 is 4.90 Å². The van der Waals surface area contributed by atoms with E-state index in [0.717, 1.165) is 44.0 Å². The van der Waals surface area contributed by atoms with Crippen LogP contribution in [0.25, 0.3) is 0 Å². The van der Waals surface area contributed by atoms with Crippen molar-refractivity contribution in [3.63, 3.8) is 0 Å². The van der Waals surface area contributed by atoms with E-state index in [1.165, 1.54) is 12.1 Å². The molecule has 5 heteroatoms. The molecule has 2 heterocycles. The summed E-state index contributed by atoms with van der Waals surface area (Å²) in [6.45, 7) is 8.10. The fourth-order valence-corrected chi connectivity index (χ4v) is 3.59. The minimum Gasteiger partial charge on any atom is -0.355 e. The van der Waals surface area contributed by atoms with Gasteiger partial charge in [0, 0.05) is 32.2 Å². The number of rotatable bonds is 4. The summed E-state index contributed by atoms with van der Waals surface area (Å²) < 4.78 is 13.2. The third kappa shape index (κ3) is 4.39. The summed E-state index contributed by atoms with van der Waals surface area (Å²) >= 11 is 0. The molecule has 1 saturated heterocycles. The van der Waals surface area contributed by atoms with E-state index in [0.29, 0.717) is 17.7 Å². The zero-order valence-corrected chi connectivity index (χ0v) is 15.4. The Morgan fingerprint density at radius 1 is 1.19 bits per heavy atom. The average molecular weight is 352 g/mol. The molecule has 4 nitrogen and oxygen atoms in total. The van der Waals surface area contributed by atoms with Crippen molar-refractivity contribution in [3.05, 3.63) is 59.5 Å². The van der Waals surface area contributed by atoms with Crippen LogP contribution in [0, 0.1) is 23.1 Å². The summed E-state index contributed by atoms with van der Waals surface area (Å²) in [6, 6.07) is 14.9. The van der Waals surface area contributed by atoms with Crippen molar-refractivity contribution in [1.82, 2.24) is 9.88 Å². The standard InChI is InChI=1S/C21H25FN4/c1-16(2)20-15-26(21-6-3-5-19(13-23)24-21)12-4-11-25(20)14-17-7-9-18(22)10-8-17/h3,5-10,16,20H,4,11-12,14-15H2,1-2H3. The molecule has 1 aliphatic rings. The van der Waals surface area contributed by atoms with E-state index in [9.17, 15) is 4.39 Å². The largest absolute Gasteiger partial charge is 0.355 e. The first-order chi connectivity index (χ1) is 12.6. The number of pyridine rings is 1. The molecule has 0 spiro atoms. The SMILES string of the molecule is CC(C)C1CN(c2cccc(C#N)n2)CCCN1Cc1ccc(F)cc1. The van der Waals surface area contributed by atoms with Crippen LogP contribution in [0.1, 0.15) is 31.5 Å². The van der Waals surface area contributed by atoms with E-state index in [-0.39, 0.29) is 5.82 Å². The number of anilines is 1. The maximum atomic E-state index is 13.2. The van der Waals surface area contributed by atoms with E-state index in [1.807, 2.05) is 24.3 Å². The Kier molecular flexibility index (Phi) is 5.85. The summed E-state index contributed by atoms with van der Waals surface area (Å²) in [6.07, 6.45) is 1.03. The van der Waals surface area contributed by atoms with Gasteiger partial charge in [-0.15, -0.1) is 0 Å². The lowest BCUT2D eigenvalue weighted by atomic mass is 10.0. The second-order valence-corrected chi connectivity index (χ2v) is 7.20. The van der Waals surface area contributed by atoms with Crippen LogP contribution in [0.4, 0.5) is 10.2 Å². The first-order valence-corrected chi connectivity index (χ1v) is 9.17. The topological polar surface area (TPSA) is 43.2 Å². The molecule has 0 aliphatic carbocycles. The number of hydrogen-bond donors (Lipinski definition) is 0. The van der Waals surface area contributed by atoms with Gasteiger partial charge in [-0.05, 0) is 42.2 Å². The van der Waals surface area contributed by atoms with Crippen LogP contribution in [-0.2, 0) is 6.54 Å². The second-order valence-electron chi connectivity index (χ2n) is 7.20. The van der Waals surface area contributed by atoms with Gasteiger partial charge in [-0.2, -0.15) is 5.26 Å². The maximum absolute atomic E-state index is 13.2. The van der Waals surface area contributed by atoms with Crippen LogP contribution in [0.5, 0.6) is 0 Å². The third-order valence-corrected chi connectivity index (χ3v) is 4.99. The summed E-state index contributed by atoms with van der Waals surface area (Å²) in [4.78, 5) is 9.25. The summed E-state index contributed by atoms with van der Waals surface area (Å²) in [5.74, 6) is 1.16. The lowest BCUT2D eigenvalue weighted by molar-refractivity contribution is 0.161. The molecule has 2 aromatic rings. The average Bonchev–Trinajstić information content (AvgIpc) is 2.86. The monoisotopic (exact) mass is 352 g/mol. The Balaban J connectivity index is 1.79. The number of hydrogen-bond acceptors (Lipinski definition) is 4. The molecule has 0 amide bonds. The number of nitriles is 1. The van der Waals surface area contributed by atoms with E-state index < -0.39 is 0 Å². The van der Waals surface area contributed by atoms with Crippen molar-refractivity contribution in [2.24, 2.45) is 5.92 Å². The van der Waals surface area contributed by atoms with Gasteiger partial charge in [-0.3, -0.25) is 4.90 Å². The Bertz CT molecular complexity index is 766. The minimum atomic E-state index is -0.195. The van der Waals surface area contributed by atoms with Crippen LogP contribution >= 0.6 is 0 Å². The van der Waals surface area contributed by atoms with Crippen LogP contribution in [0.2, 0.25) is 0 Å². The van der Waals surface area contributed by atoms with Gasteiger partial charge in [0.25, 0.3) is 0 Å². The van der Waals surface area contributed by atoms with E-state index >= 15 is 0 Å². The minimum absolute atomic E-state index is 0.195. The van der Waals surface area contributed by atoms with Crippen LogP contribution in [-0.4, -0.2) is 35.6 Å². The highest BCUT2D eigenvalue weighted by Gasteiger charge is 2.28. The van der Waals surface area contributed by atoms with E-state index in [2.05, 4.69) is 34.7 Å². The molecule has 136 valence electrons. The van der Waals surface area contributed by atoms with E-state index in [4.69, 9.17) is 5.26 Å². The van der Waals surface area contributed by atoms with Crippen molar-refractivity contribution in [1.29, 1.82) is 5.26 Å². The molecular weight excluding hydrogens is 327 g/mol. The fraction of sp³-hybridized carbons (Fsp3) is 0.429. The molecule has 0 N–H and O–H groups in total. The van der Waals surface area contributed by atoms with Gasteiger partial charge in [0.2, 0.25) is 0 Å². The number of halogens is 1. The van der Waals surface area contributed by atoms with Gasteiger partial charge in [0.1, 0.15) is 23.4 Å². The van der Waals surface area contributed by atoms with Crippen molar-refractivity contribution in [2.45, 2.75) is 32.9 Å². The smallest absolute Gasteiger partial charge is 0.142 e. The summed E-state index contributed by atoms with van der Waals surface area (Å²) in [5, 5.41) is 9.12. The second kappa shape index (κ2) is 8.29. The van der Waals surface area contributed by atoms with Gasteiger partial charge < -0.3 is 4.90 Å². The Morgan fingerprint density at radius 3 is 2.65 bits per heavy atom. The highest BCUT2D eigenvalue weighted by atomic mass is 19.1. The predicted octanol–water partition coefficient (Wildman–Crippen LogP) is 3.83. The van der Waals surface area contributed by atoms with Gasteiger partial charge in [0.05, 0.1) is 0 Å². The molecule has 1 atom stereocenters. The highest BCUT2D eigenvalue weighted by Crippen LogP contribution is 2.23. The van der Waals surface area contributed by atoms with E-state index in [1.54, 1.807) is 6.07 Å². The Hall–Kier alpha value is -2.45. The highest BCUT2D eigenvalue weighted by molar-refractivity contribution is 5.42. The number of aromatic nitrogens is 1. The van der Waals surface area contributed by atoms with Crippen molar-refractivity contribution in [2.75, 3.05) is 24.5 Å². The van der Waals surface area contributed by atoms with Crippen molar-refractivity contribution >= 4 is 5.82 Å². The molecule has 1 fully saturated rings. The molecular formula is C21H25FN4. The summed E-state index contributed by atoms with van der Waals surface area (Å²) in [5.41, 5.74) is 1.59. The third-order valence-electron chi connectivity index (χ3n) is 4.99. The summed E-state index contributed by atoms with van der Waals surface area (Å²) in [7, 11) is 0. The molecule has 3 rings (SSSR count). The van der Waals surface area contributed by atoms with Crippen LogP contribution in [0.3, 0.4) is 0 Å². The fourth-order valence-electron chi connectivity index (χ4n) is 3.59.